The van der Waals surface area contributed by atoms with Crippen LogP contribution in [0.1, 0.15) is 5.56 Å². The van der Waals surface area contributed by atoms with E-state index < -0.39 is 0 Å². The lowest BCUT2D eigenvalue weighted by Gasteiger charge is -2.14. The highest BCUT2D eigenvalue weighted by atomic mass is 32.2. The van der Waals surface area contributed by atoms with Crippen molar-refractivity contribution < 1.29 is 19.7 Å². The Morgan fingerprint density at radius 1 is 1.17 bits per heavy atom. The van der Waals surface area contributed by atoms with Crippen LogP contribution in [0, 0.1) is 0 Å². The van der Waals surface area contributed by atoms with Crippen molar-refractivity contribution >= 4 is 46.0 Å². The fraction of sp³-hybridized carbons (Fsp3) is 0.0588. The number of ether oxygens (including phenoxy) is 1. The zero-order chi connectivity index (χ0) is 17.3. The zero-order valence-electron chi connectivity index (χ0n) is 12.6. The smallest absolute Gasteiger partial charge is 0.270 e. The first-order chi connectivity index (χ1) is 11.5. The number of hydrogen-bond donors (Lipinski definition) is 2. The van der Waals surface area contributed by atoms with Crippen LogP contribution >= 0.6 is 24.0 Å². The van der Waals surface area contributed by atoms with Gasteiger partial charge in [0.2, 0.25) is 0 Å². The summed E-state index contributed by atoms with van der Waals surface area (Å²) in [6.45, 7) is 0. The number of amides is 1. The number of carbonyl (C=O) groups is 1. The number of rotatable bonds is 3. The van der Waals surface area contributed by atoms with Gasteiger partial charge in [-0.2, -0.15) is 0 Å². The average molecular weight is 359 g/mol. The molecule has 0 radical (unpaired) electrons. The number of nitrogens with zero attached hydrogens (tertiary/aromatic N) is 1. The van der Waals surface area contributed by atoms with Gasteiger partial charge in [0.25, 0.3) is 5.91 Å². The van der Waals surface area contributed by atoms with Gasteiger partial charge in [0.15, 0.2) is 15.8 Å². The third-order valence-electron chi connectivity index (χ3n) is 3.40. The van der Waals surface area contributed by atoms with Crippen molar-refractivity contribution in [2.24, 2.45) is 0 Å². The quantitative estimate of drug-likeness (QED) is 0.646. The number of aromatic hydroxyl groups is 2. The minimum atomic E-state index is -0.234. The van der Waals surface area contributed by atoms with Gasteiger partial charge in [-0.15, -0.1) is 0 Å². The lowest BCUT2D eigenvalue weighted by Crippen LogP contribution is -2.27. The van der Waals surface area contributed by atoms with Crippen LogP contribution in [-0.4, -0.2) is 27.6 Å². The van der Waals surface area contributed by atoms with Crippen LogP contribution in [0.4, 0.5) is 5.69 Å². The molecule has 0 saturated carbocycles. The molecule has 0 unspecified atom stereocenters. The second-order valence-corrected chi connectivity index (χ2v) is 6.64. The molecular weight excluding hydrogens is 346 g/mol. The van der Waals surface area contributed by atoms with Crippen molar-refractivity contribution in [1.29, 1.82) is 0 Å². The van der Waals surface area contributed by atoms with Crippen molar-refractivity contribution in [3.63, 3.8) is 0 Å². The molecule has 1 aliphatic rings. The molecule has 0 bridgehead atoms. The predicted molar refractivity (Wildman–Crippen MR) is 98.4 cm³/mol. The van der Waals surface area contributed by atoms with E-state index in [1.165, 1.54) is 42.0 Å². The van der Waals surface area contributed by atoms with Crippen molar-refractivity contribution in [3.05, 3.63) is 52.9 Å². The molecule has 1 saturated heterocycles. The summed E-state index contributed by atoms with van der Waals surface area (Å²) in [4.78, 5) is 14.5. The molecule has 0 atom stereocenters. The third-order valence-corrected chi connectivity index (χ3v) is 4.71. The highest BCUT2D eigenvalue weighted by Gasteiger charge is 2.33. The van der Waals surface area contributed by atoms with Crippen LogP contribution in [-0.2, 0) is 4.79 Å². The van der Waals surface area contributed by atoms with E-state index in [4.69, 9.17) is 17.0 Å². The third kappa shape index (κ3) is 3.08. The van der Waals surface area contributed by atoms with E-state index in [1.807, 2.05) is 0 Å². The fourth-order valence-electron chi connectivity index (χ4n) is 2.23. The first kappa shape index (κ1) is 16.4. The molecule has 2 aromatic rings. The molecule has 1 aliphatic heterocycles. The lowest BCUT2D eigenvalue weighted by molar-refractivity contribution is -0.113. The Bertz CT molecular complexity index is 846. The number of phenolic OH excluding ortho intramolecular Hbond substituents is 2. The lowest BCUT2D eigenvalue weighted by atomic mass is 10.2. The summed E-state index contributed by atoms with van der Waals surface area (Å²) >= 11 is 6.49. The predicted octanol–water partition coefficient (Wildman–Crippen LogP) is 3.51. The number of hydrogen-bond acceptors (Lipinski definition) is 6. The minimum Gasteiger partial charge on any atom is -0.508 e. The Kier molecular flexibility index (Phi) is 4.46. The van der Waals surface area contributed by atoms with Crippen LogP contribution in [0.15, 0.2) is 47.4 Å². The number of benzene rings is 2. The van der Waals surface area contributed by atoms with Gasteiger partial charge in [-0.1, -0.05) is 30.0 Å². The van der Waals surface area contributed by atoms with E-state index >= 15 is 0 Å². The maximum atomic E-state index is 12.6. The highest BCUT2D eigenvalue weighted by molar-refractivity contribution is 8.27. The summed E-state index contributed by atoms with van der Waals surface area (Å²) < 4.78 is 5.49. The summed E-state index contributed by atoms with van der Waals surface area (Å²) in [6, 6.07) is 11.1. The van der Waals surface area contributed by atoms with Crippen molar-refractivity contribution in [1.82, 2.24) is 0 Å². The van der Waals surface area contributed by atoms with Crippen LogP contribution in [0.2, 0.25) is 0 Å². The van der Waals surface area contributed by atoms with E-state index in [0.29, 0.717) is 20.7 Å². The van der Waals surface area contributed by atoms with Gasteiger partial charge in [0, 0.05) is 0 Å². The topological polar surface area (TPSA) is 70.0 Å². The molecule has 0 aromatic heterocycles. The number of methoxy groups -OCH3 is 1. The van der Waals surface area contributed by atoms with Gasteiger partial charge in [-0.3, -0.25) is 9.69 Å². The second-order valence-electron chi connectivity index (χ2n) is 4.96. The molecule has 2 aromatic carbocycles. The van der Waals surface area contributed by atoms with Crippen molar-refractivity contribution in [3.8, 4) is 17.2 Å². The number of thioether (sulfide) groups is 1. The van der Waals surface area contributed by atoms with Gasteiger partial charge >= 0.3 is 0 Å². The van der Waals surface area contributed by atoms with Gasteiger partial charge in [0.05, 0.1) is 17.7 Å². The highest BCUT2D eigenvalue weighted by Crippen LogP contribution is 2.37. The fourth-order valence-corrected chi connectivity index (χ4v) is 3.53. The molecule has 0 spiro atoms. The van der Waals surface area contributed by atoms with Crippen molar-refractivity contribution in [2.75, 3.05) is 12.0 Å². The van der Waals surface area contributed by atoms with Gasteiger partial charge < -0.3 is 14.9 Å². The van der Waals surface area contributed by atoms with E-state index in [1.54, 1.807) is 30.3 Å². The zero-order valence-corrected chi connectivity index (χ0v) is 14.2. The number of phenols is 2. The van der Waals surface area contributed by atoms with Crippen molar-refractivity contribution in [2.45, 2.75) is 0 Å². The molecule has 122 valence electrons. The summed E-state index contributed by atoms with van der Waals surface area (Å²) in [5.41, 5.74) is 1.32. The normalized spacial score (nSPS) is 16.0. The molecule has 1 heterocycles. The van der Waals surface area contributed by atoms with Crippen LogP contribution in [0.5, 0.6) is 17.2 Å². The number of thiocarbonyl (C=S) groups is 1. The molecule has 5 nitrogen and oxygen atoms in total. The Morgan fingerprint density at radius 2 is 1.88 bits per heavy atom. The first-order valence-electron chi connectivity index (χ1n) is 6.93. The Morgan fingerprint density at radius 3 is 2.54 bits per heavy atom. The molecule has 1 amide bonds. The van der Waals surface area contributed by atoms with E-state index in [0.717, 1.165) is 5.56 Å². The maximum absolute atomic E-state index is 12.6. The van der Waals surface area contributed by atoms with Gasteiger partial charge in [0.1, 0.15) is 5.75 Å². The molecule has 24 heavy (non-hydrogen) atoms. The van der Waals surface area contributed by atoms with Crippen LogP contribution in [0.3, 0.4) is 0 Å². The Labute approximate surface area is 148 Å². The number of carbonyl (C=O) groups excluding carboxylic acids is 1. The molecule has 1 fully saturated rings. The molecule has 3 rings (SSSR count). The van der Waals surface area contributed by atoms with E-state index in [9.17, 15) is 15.0 Å². The minimum absolute atomic E-state index is 0.0336. The van der Waals surface area contributed by atoms with E-state index in [-0.39, 0.29) is 17.4 Å². The first-order valence-corrected chi connectivity index (χ1v) is 8.16. The second kappa shape index (κ2) is 6.54. The summed E-state index contributed by atoms with van der Waals surface area (Å²) in [5.74, 6) is 0.253. The SMILES string of the molecule is COc1cc(/C=C2/SC(=S)N(c3ccc(O)cc3)C2=O)ccc1O. The van der Waals surface area contributed by atoms with Gasteiger partial charge in [-0.25, -0.2) is 0 Å². The Balaban J connectivity index is 1.92. The van der Waals surface area contributed by atoms with E-state index in [2.05, 4.69) is 0 Å². The molecular formula is C17H13NO4S2. The standard InChI is InChI=1S/C17H13NO4S2/c1-22-14-8-10(2-7-13(14)20)9-15-16(21)18(17(23)24-15)11-3-5-12(19)6-4-11/h2-9,19-20H,1H3/b15-9+. The monoisotopic (exact) mass is 359 g/mol. The molecule has 0 aliphatic carbocycles. The van der Waals surface area contributed by atoms with Gasteiger partial charge in [-0.05, 0) is 48.0 Å². The average Bonchev–Trinajstić information content (AvgIpc) is 2.84. The number of anilines is 1. The largest absolute Gasteiger partial charge is 0.508 e. The summed E-state index contributed by atoms with van der Waals surface area (Å²) in [7, 11) is 1.46. The maximum Gasteiger partial charge on any atom is 0.270 e. The molecule has 2 N–H and O–H groups in total. The summed E-state index contributed by atoms with van der Waals surface area (Å²) in [6.07, 6.45) is 1.70. The van der Waals surface area contributed by atoms with Crippen LogP contribution < -0.4 is 9.64 Å². The summed E-state index contributed by atoms with van der Waals surface area (Å²) in [5, 5.41) is 19.0. The van der Waals surface area contributed by atoms with Crippen LogP contribution in [0.25, 0.3) is 6.08 Å². The Hall–Kier alpha value is -2.51. The molecule has 7 heteroatoms.